The van der Waals surface area contributed by atoms with E-state index in [0.717, 1.165) is 5.56 Å². The largest absolute Gasteiger partial charge is 0.365 e. The summed E-state index contributed by atoms with van der Waals surface area (Å²) in [4.78, 5) is 21.9. The van der Waals surface area contributed by atoms with Gasteiger partial charge in [-0.3, -0.25) is 9.78 Å². The van der Waals surface area contributed by atoms with Crippen LogP contribution in [-0.4, -0.2) is 15.0 Å². The molecule has 0 spiro atoms. The lowest BCUT2D eigenvalue weighted by atomic mass is 10.3. The van der Waals surface area contributed by atoms with E-state index in [2.05, 4.69) is 20.3 Å². The van der Waals surface area contributed by atoms with Crippen LogP contribution in [0.15, 0.2) is 35.6 Å². The lowest BCUT2D eigenvalue weighted by Gasteiger charge is -2.05. The first-order valence-corrected chi connectivity index (χ1v) is 5.71. The molecule has 0 aliphatic heterocycles. The summed E-state index contributed by atoms with van der Waals surface area (Å²) >= 11 is 1.96. The van der Waals surface area contributed by atoms with Gasteiger partial charge in [-0.2, -0.15) is 0 Å². The quantitative estimate of drug-likeness (QED) is 0.835. The van der Waals surface area contributed by atoms with Gasteiger partial charge in [0.05, 0.1) is 6.33 Å². The van der Waals surface area contributed by atoms with Gasteiger partial charge >= 0.3 is 0 Å². The fraction of sp³-hybridized carbons (Fsp3) is 0.100. The Morgan fingerprint density at radius 2 is 2.38 bits per heavy atom. The molecule has 5 nitrogen and oxygen atoms in total. The molecule has 6 heteroatoms. The maximum Gasteiger partial charge on any atom is 0.266 e. The fourth-order valence-corrected chi connectivity index (χ4v) is 1.68. The second-order valence-corrected chi connectivity index (χ2v) is 4.19. The third-order valence-electron chi connectivity index (χ3n) is 1.98. The molecule has 0 aliphatic rings. The molecule has 0 saturated heterocycles. The summed E-state index contributed by atoms with van der Waals surface area (Å²) in [5.41, 5.74) is 0.907. The summed E-state index contributed by atoms with van der Waals surface area (Å²) < 4.78 is 0.559. The molecule has 2 N–H and O–H groups in total. The summed E-state index contributed by atoms with van der Waals surface area (Å²) in [5.74, 6) is 0.591. The lowest BCUT2D eigenvalue weighted by Crippen LogP contribution is -2.14. The van der Waals surface area contributed by atoms with Gasteiger partial charge < -0.3 is 10.3 Å². The van der Waals surface area contributed by atoms with E-state index in [1.807, 2.05) is 34.7 Å². The summed E-state index contributed by atoms with van der Waals surface area (Å²) in [6.07, 6.45) is 4.88. The third-order valence-corrected chi connectivity index (χ3v) is 2.98. The highest BCUT2D eigenvalue weighted by Crippen LogP contribution is 2.10. The summed E-state index contributed by atoms with van der Waals surface area (Å²) in [5, 5.41) is 3.09. The van der Waals surface area contributed by atoms with Crippen LogP contribution in [0.5, 0.6) is 0 Å². The normalized spacial score (nSPS) is 10.1. The zero-order chi connectivity index (χ0) is 11.4. The summed E-state index contributed by atoms with van der Waals surface area (Å²) in [7, 11) is 0. The molecule has 0 aromatic carbocycles. The molecule has 0 radical (unpaired) electrons. The van der Waals surface area contributed by atoms with Crippen molar-refractivity contribution in [2.45, 2.75) is 6.54 Å². The number of anilines is 1. The van der Waals surface area contributed by atoms with E-state index in [1.54, 1.807) is 12.4 Å². The molecule has 16 heavy (non-hydrogen) atoms. The Labute approximate surface area is 105 Å². The molecule has 0 aliphatic carbocycles. The number of hydrogen-bond acceptors (Lipinski definition) is 4. The third kappa shape index (κ3) is 2.57. The monoisotopic (exact) mass is 328 g/mol. The minimum Gasteiger partial charge on any atom is -0.365 e. The fourth-order valence-electron chi connectivity index (χ4n) is 1.19. The van der Waals surface area contributed by atoms with Gasteiger partial charge in [0.15, 0.2) is 0 Å². The first-order chi connectivity index (χ1) is 7.77. The summed E-state index contributed by atoms with van der Waals surface area (Å²) in [6, 6.07) is 3.83. The number of hydrogen-bond donors (Lipinski definition) is 2. The van der Waals surface area contributed by atoms with Crippen LogP contribution in [0.3, 0.4) is 0 Å². The van der Waals surface area contributed by atoms with Gasteiger partial charge in [0.25, 0.3) is 5.56 Å². The van der Waals surface area contributed by atoms with Gasteiger partial charge in [0.2, 0.25) is 0 Å². The van der Waals surface area contributed by atoms with Gasteiger partial charge in [-0.25, -0.2) is 4.98 Å². The standard InChI is InChI=1S/C10H9IN4O/c11-8-9(14-6-15-10(8)16)13-5-7-2-1-3-12-4-7/h1-4,6H,5H2,(H2,13,14,15,16). The van der Waals surface area contributed by atoms with Crippen LogP contribution in [0.1, 0.15) is 5.56 Å². The van der Waals surface area contributed by atoms with Crippen molar-refractivity contribution in [1.29, 1.82) is 0 Å². The van der Waals surface area contributed by atoms with Crippen molar-refractivity contribution in [3.63, 3.8) is 0 Å². The molecular formula is C10H9IN4O. The predicted molar refractivity (Wildman–Crippen MR) is 69.1 cm³/mol. The molecule has 2 rings (SSSR count). The smallest absolute Gasteiger partial charge is 0.266 e. The number of nitrogens with zero attached hydrogens (tertiary/aromatic N) is 2. The Morgan fingerprint density at radius 1 is 1.50 bits per heavy atom. The highest BCUT2D eigenvalue weighted by Gasteiger charge is 2.03. The number of aromatic amines is 1. The second-order valence-electron chi connectivity index (χ2n) is 3.11. The van der Waals surface area contributed by atoms with E-state index in [-0.39, 0.29) is 5.56 Å². The van der Waals surface area contributed by atoms with Crippen molar-refractivity contribution in [3.05, 3.63) is 50.3 Å². The van der Waals surface area contributed by atoms with Gasteiger partial charge in [0.1, 0.15) is 9.39 Å². The average molecular weight is 328 g/mol. The van der Waals surface area contributed by atoms with Crippen molar-refractivity contribution in [2.75, 3.05) is 5.32 Å². The van der Waals surface area contributed by atoms with Crippen LogP contribution in [0.2, 0.25) is 0 Å². The number of H-pyrrole nitrogens is 1. The average Bonchev–Trinajstić information content (AvgIpc) is 2.32. The van der Waals surface area contributed by atoms with Crippen molar-refractivity contribution in [1.82, 2.24) is 15.0 Å². The number of rotatable bonds is 3. The molecule has 2 aromatic heterocycles. The topological polar surface area (TPSA) is 70.7 Å². The molecular weight excluding hydrogens is 319 g/mol. The maximum absolute atomic E-state index is 11.3. The van der Waals surface area contributed by atoms with Crippen molar-refractivity contribution in [3.8, 4) is 0 Å². The van der Waals surface area contributed by atoms with Crippen molar-refractivity contribution in [2.24, 2.45) is 0 Å². The van der Waals surface area contributed by atoms with Gasteiger partial charge in [-0.05, 0) is 34.2 Å². The van der Waals surface area contributed by atoms with Gasteiger partial charge in [-0.1, -0.05) is 6.07 Å². The maximum atomic E-state index is 11.3. The molecule has 0 saturated carbocycles. The van der Waals surface area contributed by atoms with Crippen LogP contribution < -0.4 is 10.9 Å². The van der Waals surface area contributed by atoms with Crippen LogP contribution in [0.4, 0.5) is 5.82 Å². The van der Waals surface area contributed by atoms with Gasteiger partial charge in [0, 0.05) is 18.9 Å². The minimum atomic E-state index is -0.135. The Kier molecular flexibility index (Phi) is 3.50. The second kappa shape index (κ2) is 5.06. The van der Waals surface area contributed by atoms with Crippen LogP contribution >= 0.6 is 22.6 Å². The highest BCUT2D eigenvalue weighted by atomic mass is 127. The van der Waals surface area contributed by atoms with Crippen molar-refractivity contribution >= 4 is 28.4 Å². The van der Waals surface area contributed by atoms with Crippen LogP contribution in [0, 0.1) is 3.57 Å². The molecule has 0 fully saturated rings. The van der Waals surface area contributed by atoms with Crippen LogP contribution in [-0.2, 0) is 6.54 Å². The van der Waals surface area contributed by atoms with E-state index in [4.69, 9.17) is 0 Å². The molecule has 82 valence electrons. The van der Waals surface area contributed by atoms with Crippen molar-refractivity contribution < 1.29 is 0 Å². The number of pyridine rings is 1. The predicted octanol–water partition coefficient (Wildman–Crippen LogP) is 1.38. The van der Waals surface area contributed by atoms with E-state index in [1.165, 1.54) is 6.33 Å². The Balaban J connectivity index is 2.11. The molecule has 2 aromatic rings. The van der Waals surface area contributed by atoms with E-state index in [0.29, 0.717) is 15.9 Å². The number of halogens is 1. The van der Waals surface area contributed by atoms with Gasteiger partial charge in [-0.15, -0.1) is 0 Å². The Morgan fingerprint density at radius 3 is 3.12 bits per heavy atom. The number of nitrogens with one attached hydrogen (secondary N) is 2. The zero-order valence-electron chi connectivity index (χ0n) is 8.27. The Bertz CT molecular complexity index is 526. The number of aromatic nitrogens is 3. The van der Waals surface area contributed by atoms with E-state index < -0.39 is 0 Å². The first-order valence-electron chi connectivity index (χ1n) is 4.63. The molecule has 0 bridgehead atoms. The molecule has 2 heterocycles. The highest BCUT2D eigenvalue weighted by molar-refractivity contribution is 14.1. The first kappa shape index (κ1) is 11.1. The zero-order valence-corrected chi connectivity index (χ0v) is 10.4. The van der Waals surface area contributed by atoms with Crippen LogP contribution in [0.25, 0.3) is 0 Å². The minimum absolute atomic E-state index is 0.135. The van der Waals surface area contributed by atoms with E-state index in [9.17, 15) is 4.79 Å². The summed E-state index contributed by atoms with van der Waals surface area (Å²) in [6.45, 7) is 0.598. The molecule has 0 atom stereocenters. The SMILES string of the molecule is O=c1[nH]cnc(NCc2cccnc2)c1I. The Hall–Kier alpha value is -1.44. The molecule has 0 amide bonds. The molecule has 0 unspecified atom stereocenters. The lowest BCUT2D eigenvalue weighted by molar-refractivity contribution is 1.04. The van der Waals surface area contributed by atoms with E-state index >= 15 is 0 Å².